The second kappa shape index (κ2) is 4.28. The molecule has 0 spiro atoms. The summed E-state index contributed by atoms with van der Waals surface area (Å²) in [6, 6.07) is 5.02. The van der Waals surface area contributed by atoms with Gasteiger partial charge >= 0.3 is 0 Å². The molecule has 19 heavy (non-hydrogen) atoms. The van der Waals surface area contributed by atoms with Crippen molar-refractivity contribution in [2.45, 2.75) is 0 Å². The highest BCUT2D eigenvalue weighted by Gasteiger charge is 2.21. The molecule has 0 atom stereocenters. The third kappa shape index (κ3) is 1.79. The summed E-state index contributed by atoms with van der Waals surface area (Å²) in [5.74, 6) is -2.44. The van der Waals surface area contributed by atoms with Gasteiger partial charge in [-0.1, -0.05) is 6.07 Å². The molecule has 3 nitrogen and oxygen atoms in total. The molecule has 0 radical (unpaired) electrons. The van der Waals surface area contributed by atoms with Crippen LogP contribution in [0.3, 0.4) is 0 Å². The second-order valence-corrected chi connectivity index (χ2v) is 4.05. The molecule has 3 aromatic rings. The number of aromatic nitrogens is 2. The Bertz CT molecular complexity index is 760. The third-order valence-corrected chi connectivity index (χ3v) is 2.92. The number of fused-ring (bicyclic) bond motifs is 1. The molecule has 1 aromatic carbocycles. The van der Waals surface area contributed by atoms with Gasteiger partial charge in [-0.15, -0.1) is 0 Å². The zero-order valence-electron chi connectivity index (χ0n) is 9.65. The molecule has 0 aliphatic carbocycles. The van der Waals surface area contributed by atoms with Gasteiger partial charge in [0.1, 0.15) is 11.6 Å². The summed E-state index contributed by atoms with van der Waals surface area (Å²) in [6.07, 6.45) is 4.48. The number of pyridine rings is 1. The van der Waals surface area contributed by atoms with Gasteiger partial charge in [0, 0.05) is 35.1 Å². The highest BCUT2D eigenvalue weighted by Crippen LogP contribution is 2.22. The maximum absolute atomic E-state index is 13.6. The summed E-state index contributed by atoms with van der Waals surface area (Å²) in [7, 11) is 0. The summed E-state index contributed by atoms with van der Waals surface area (Å²) >= 11 is 0. The Morgan fingerprint density at radius 3 is 2.63 bits per heavy atom. The van der Waals surface area contributed by atoms with Gasteiger partial charge in [-0.3, -0.25) is 9.78 Å². The van der Waals surface area contributed by atoms with Gasteiger partial charge < -0.3 is 4.98 Å². The van der Waals surface area contributed by atoms with E-state index >= 15 is 0 Å². The minimum Gasteiger partial charge on any atom is -0.360 e. The van der Waals surface area contributed by atoms with Crippen LogP contribution in [0.2, 0.25) is 0 Å². The highest BCUT2D eigenvalue weighted by molar-refractivity contribution is 6.16. The number of nitrogens with one attached hydrogen (secondary N) is 1. The Balaban J connectivity index is 2.20. The van der Waals surface area contributed by atoms with E-state index < -0.39 is 23.0 Å². The summed E-state index contributed by atoms with van der Waals surface area (Å²) < 4.78 is 27.2. The predicted molar refractivity (Wildman–Crippen MR) is 65.9 cm³/mol. The maximum atomic E-state index is 13.6. The topological polar surface area (TPSA) is 45.8 Å². The Labute approximate surface area is 106 Å². The minimum absolute atomic E-state index is 0.201. The first kappa shape index (κ1) is 11.5. The van der Waals surface area contributed by atoms with E-state index in [4.69, 9.17) is 0 Å². The molecule has 94 valence electrons. The van der Waals surface area contributed by atoms with Crippen LogP contribution in [0.1, 0.15) is 15.9 Å². The van der Waals surface area contributed by atoms with E-state index in [-0.39, 0.29) is 5.56 Å². The normalized spacial score (nSPS) is 10.8. The Morgan fingerprint density at radius 2 is 1.89 bits per heavy atom. The molecule has 0 aliphatic heterocycles. The van der Waals surface area contributed by atoms with Crippen LogP contribution in [0, 0.1) is 11.6 Å². The van der Waals surface area contributed by atoms with Crippen LogP contribution in [0.15, 0.2) is 42.9 Å². The van der Waals surface area contributed by atoms with E-state index in [1.54, 1.807) is 12.3 Å². The van der Waals surface area contributed by atoms with Crippen LogP contribution >= 0.6 is 0 Å². The van der Waals surface area contributed by atoms with Crippen molar-refractivity contribution in [1.82, 2.24) is 9.97 Å². The minimum atomic E-state index is -0.872. The zero-order chi connectivity index (χ0) is 13.4. The zero-order valence-corrected chi connectivity index (χ0v) is 9.65. The fourth-order valence-corrected chi connectivity index (χ4v) is 2.00. The lowest BCUT2D eigenvalue weighted by Gasteiger charge is -2.02. The van der Waals surface area contributed by atoms with Crippen LogP contribution in [0.5, 0.6) is 0 Å². The molecule has 5 heteroatoms. The SMILES string of the molecule is O=C(c1c(F)cccc1F)c1c[nH]c2ccncc12. The molecule has 2 heterocycles. The number of H-pyrrole nitrogens is 1. The quantitative estimate of drug-likeness (QED) is 0.718. The number of aromatic amines is 1. The van der Waals surface area contributed by atoms with E-state index in [0.717, 1.165) is 12.1 Å². The van der Waals surface area contributed by atoms with Crippen molar-refractivity contribution in [2.24, 2.45) is 0 Å². The number of rotatable bonds is 2. The van der Waals surface area contributed by atoms with E-state index in [9.17, 15) is 13.6 Å². The van der Waals surface area contributed by atoms with Crippen molar-refractivity contribution < 1.29 is 13.6 Å². The van der Waals surface area contributed by atoms with E-state index in [1.165, 1.54) is 18.5 Å². The van der Waals surface area contributed by atoms with Crippen molar-refractivity contribution in [3.05, 3.63) is 65.6 Å². The molecule has 0 bridgehead atoms. The molecule has 2 aromatic heterocycles. The highest BCUT2D eigenvalue weighted by atomic mass is 19.1. The number of nitrogens with zero attached hydrogens (tertiary/aromatic N) is 1. The molecule has 0 aliphatic rings. The average molecular weight is 258 g/mol. The Morgan fingerprint density at radius 1 is 1.16 bits per heavy atom. The number of halogens is 2. The van der Waals surface area contributed by atoms with Gasteiger partial charge in [0.25, 0.3) is 0 Å². The van der Waals surface area contributed by atoms with Gasteiger partial charge in [-0.25, -0.2) is 8.78 Å². The average Bonchev–Trinajstić information content (AvgIpc) is 2.82. The van der Waals surface area contributed by atoms with Crippen LogP contribution < -0.4 is 0 Å². The first-order valence-electron chi connectivity index (χ1n) is 5.58. The lowest BCUT2D eigenvalue weighted by Crippen LogP contribution is -2.06. The molecule has 0 saturated carbocycles. The van der Waals surface area contributed by atoms with Gasteiger partial charge in [0.2, 0.25) is 5.78 Å². The molecule has 0 fully saturated rings. The number of carbonyl (C=O) groups is 1. The summed E-state index contributed by atoms with van der Waals surface area (Å²) in [5.41, 5.74) is 0.342. The first-order chi connectivity index (χ1) is 9.18. The van der Waals surface area contributed by atoms with Crippen molar-refractivity contribution in [3.8, 4) is 0 Å². The molecule has 1 N–H and O–H groups in total. The molecule has 0 saturated heterocycles. The number of hydrogen-bond donors (Lipinski definition) is 1. The maximum Gasteiger partial charge on any atom is 0.201 e. The Kier molecular flexibility index (Phi) is 2.59. The fourth-order valence-electron chi connectivity index (χ4n) is 2.00. The van der Waals surface area contributed by atoms with E-state index in [2.05, 4.69) is 9.97 Å². The van der Waals surface area contributed by atoms with Gasteiger partial charge in [-0.2, -0.15) is 0 Å². The van der Waals surface area contributed by atoms with Gasteiger partial charge in [0.15, 0.2) is 0 Å². The lowest BCUT2D eigenvalue weighted by molar-refractivity contribution is 0.103. The van der Waals surface area contributed by atoms with Crippen molar-refractivity contribution >= 4 is 16.7 Å². The van der Waals surface area contributed by atoms with Crippen molar-refractivity contribution in [2.75, 3.05) is 0 Å². The van der Waals surface area contributed by atoms with Crippen LogP contribution in [0.4, 0.5) is 8.78 Å². The van der Waals surface area contributed by atoms with Crippen LogP contribution in [0.25, 0.3) is 10.9 Å². The number of benzene rings is 1. The van der Waals surface area contributed by atoms with E-state index in [0.29, 0.717) is 10.9 Å². The van der Waals surface area contributed by atoms with Crippen molar-refractivity contribution in [1.29, 1.82) is 0 Å². The molecule has 0 unspecified atom stereocenters. The lowest BCUT2D eigenvalue weighted by atomic mass is 10.0. The fraction of sp³-hybridized carbons (Fsp3) is 0. The van der Waals surface area contributed by atoms with Crippen LogP contribution in [-0.4, -0.2) is 15.8 Å². The smallest absolute Gasteiger partial charge is 0.201 e. The Hall–Kier alpha value is -2.56. The second-order valence-electron chi connectivity index (χ2n) is 4.05. The summed E-state index contributed by atoms with van der Waals surface area (Å²) in [5, 5.41) is 0.537. The molecular weight excluding hydrogens is 250 g/mol. The van der Waals surface area contributed by atoms with Crippen molar-refractivity contribution in [3.63, 3.8) is 0 Å². The monoisotopic (exact) mass is 258 g/mol. The third-order valence-electron chi connectivity index (χ3n) is 2.92. The standard InChI is InChI=1S/C14H8F2N2O/c15-10-2-1-3-11(16)13(10)14(19)9-7-18-12-4-5-17-6-8(9)12/h1-7,18H. The molecule has 3 rings (SSSR count). The molecular formula is C14H8F2N2O. The summed E-state index contributed by atoms with van der Waals surface area (Å²) in [6.45, 7) is 0. The number of carbonyl (C=O) groups excluding carboxylic acids is 1. The van der Waals surface area contributed by atoms with E-state index in [1.807, 2.05) is 0 Å². The predicted octanol–water partition coefficient (Wildman–Crippen LogP) is 3.07. The van der Waals surface area contributed by atoms with Crippen LogP contribution in [-0.2, 0) is 0 Å². The summed E-state index contributed by atoms with van der Waals surface area (Å²) in [4.78, 5) is 19.0. The first-order valence-corrected chi connectivity index (χ1v) is 5.58. The largest absolute Gasteiger partial charge is 0.360 e. The van der Waals surface area contributed by atoms with Gasteiger partial charge in [-0.05, 0) is 18.2 Å². The number of ketones is 1. The van der Waals surface area contributed by atoms with Gasteiger partial charge in [0.05, 0.1) is 5.56 Å². The molecule has 0 amide bonds. The number of hydrogen-bond acceptors (Lipinski definition) is 2.